The molecule has 0 unspecified atom stereocenters. The molecule has 1 aromatic rings. The number of nitrogens with one attached hydrogen (secondary N) is 1. The van der Waals surface area contributed by atoms with Crippen molar-refractivity contribution in [2.75, 3.05) is 25.6 Å². The van der Waals surface area contributed by atoms with Crippen molar-refractivity contribution >= 4 is 5.69 Å². The van der Waals surface area contributed by atoms with E-state index in [1.807, 2.05) is 20.2 Å². The maximum absolute atomic E-state index is 9.10. The van der Waals surface area contributed by atoms with Gasteiger partial charge in [-0.3, -0.25) is 0 Å². The van der Waals surface area contributed by atoms with Crippen molar-refractivity contribution in [2.24, 2.45) is 0 Å². The van der Waals surface area contributed by atoms with Crippen LogP contribution in [0.5, 0.6) is 0 Å². The molecule has 0 radical (unpaired) electrons. The number of fused-ring (bicyclic) bond motifs is 1. The lowest BCUT2D eigenvalue weighted by atomic mass is 10.0. The molecule has 0 saturated carbocycles. The van der Waals surface area contributed by atoms with Gasteiger partial charge in [0.05, 0.1) is 11.4 Å². The number of benzene rings is 1. The van der Waals surface area contributed by atoms with E-state index in [4.69, 9.17) is 5.11 Å². The van der Waals surface area contributed by atoms with Crippen LogP contribution < -0.4 is 4.90 Å². The lowest BCUT2D eigenvalue weighted by molar-refractivity contribution is 0.288. The predicted molar refractivity (Wildman–Crippen MR) is 88.2 cm³/mol. The first-order chi connectivity index (χ1) is 10.7. The fourth-order valence-electron chi connectivity index (χ4n) is 2.65. The molecule has 0 aromatic heterocycles. The summed E-state index contributed by atoms with van der Waals surface area (Å²) in [6.45, 7) is 0.203. The van der Waals surface area contributed by atoms with Crippen molar-refractivity contribution in [3.8, 4) is 22.8 Å². The lowest BCUT2D eigenvalue weighted by Crippen LogP contribution is -2.11. The Hall–Kier alpha value is -2.40. The van der Waals surface area contributed by atoms with E-state index in [0.717, 1.165) is 35.6 Å². The van der Waals surface area contributed by atoms with Gasteiger partial charge >= 0.3 is 0 Å². The van der Waals surface area contributed by atoms with Gasteiger partial charge in [0.25, 0.3) is 0 Å². The zero-order valence-corrected chi connectivity index (χ0v) is 12.9. The summed E-state index contributed by atoms with van der Waals surface area (Å²) < 4.78 is 0. The molecule has 5 heteroatoms. The number of H-pyrrole nitrogens is 1. The van der Waals surface area contributed by atoms with Gasteiger partial charge in [-0.15, -0.1) is 0 Å². The first-order valence-corrected chi connectivity index (χ1v) is 7.40. The normalized spacial score (nSPS) is 11.0. The van der Waals surface area contributed by atoms with Crippen LogP contribution in [-0.2, 0) is 6.42 Å². The van der Waals surface area contributed by atoms with Gasteiger partial charge in [-0.25, -0.2) is 9.97 Å². The Bertz CT molecular complexity index is 705. The van der Waals surface area contributed by atoms with Gasteiger partial charge in [-0.1, -0.05) is 6.07 Å². The molecule has 0 amide bonds. The topological polar surface area (TPSA) is 65.0 Å². The quantitative estimate of drug-likeness (QED) is 0.759. The van der Waals surface area contributed by atoms with Gasteiger partial charge in [0.1, 0.15) is 0 Å². The van der Waals surface area contributed by atoms with Crippen LogP contribution in [0.4, 0.5) is 5.69 Å². The molecule has 0 saturated heterocycles. The first kappa shape index (κ1) is 14.5. The number of hydrogen-bond donors (Lipinski definition) is 2. The Morgan fingerprint density at radius 1 is 1.23 bits per heavy atom. The van der Waals surface area contributed by atoms with E-state index in [0.29, 0.717) is 0 Å². The highest BCUT2D eigenvalue weighted by Crippen LogP contribution is 2.30. The van der Waals surface area contributed by atoms with Gasteiger partial charge in [0, 0.05) is 44.3 Å². The van der Waals surface area contributed by atoms with Crippen LogP contribution in [0.3, 0.4) is 0 Å². The second-order valence-electron chi connectivity index (χ2n) is 5.53. The average molecular weight is 296 g/mol. The van der Waals surface area contributed by atoms with Crippen LogP contribution in [0.2, 0.25) is 0 Å². The second-order valence-corrected chi connectivity index (χ2v) is 5.53. The Balaban J connectivity index is 2.02. The van der Waals surface area contributed by atoms with E-state index in [-0.39, 0.29) is 6.61 Å². The van der Waals surface area contributed by atoms with E-state index in [9.17, 15) is 0 Å². The van der Waals surface area contributed by atoms with E-state index < -0.39 is 0 Å². The third kappa shape index (κ3) is 2.80. The molecule has 3 rings (SSSR count). The van der Waals surface area contributed by atoms with E-state index in [1.165, 1.54) is 11.3 Å². The van der Waals surface area contributed by atoms with E-state index >= 15 is 0 Å². The minimum absolute atomic E-state index is 0.203. The highest BCUT2D eigenvalue weighted by Gasteiger charge is 2.13. The molecule has 0 spiro atoms. The third-order valence-corrected chi connectivity index (χ3v) is 3.72. The summed E-state index contributed by atoms with van der Waals surface area (Å²) in [6.07, 6.45) is 5.12. The number of hydrogen-bond acceptors (Lipinski definition) is 4. The molecular weight excluding hydrogens is 276 g/mol. The molecule has 1 aromatic carbocycles. The molecule has 2 aliphatic heterocycles. The zero-order chi connectivity index (χ0) is 15.5. The number of aromatic amines is 1. The number of aryl methyl sites for hydroxylation is 1. The Kier molecular flexibility index (Phi) is 4.06. The molecule has 22 heavy (non-hydrogen) atoms. The van der Waals surface area contributed by atoms with E-state index in [2.05, 4.69) is 38.1 Å². The van der Waals surface area contributed by atoms with Crippen LogP contribution in [0.25, 0.3) is 22.8 Å². The Morgan fingerprint density at radius 2 is 2.09 bits per heavy atom. The van der Waals surface area contributed by atoms with Gasteiger partial charge in [-0.2, -0.15) is 0 Å². The average Bonchev–Trinajstić information content (AvgIpc) is 2.96. The second kappa shape index (κ2) is 6.15. The molecule has 5 nitrogen and oxygen atoms in total. The summed E-state index contributed by atoms with van der Waals surface area (Å²) in [6, 6.07) is 8.37. The smallest absolute Gasteiger partial charge is 0.176 e. The number of aliphatic hydroxyl groups excluding tert-OH is 1. The Morgan fingerprint density at radius 3 is 2.82 bits per heavy atom. The van der Waals surface area contributed by atoms with Crippen LogP contribution in [0, 0.1) is 0 Å². The largest absolute Gasteiger partial charge is 0.396 e. The van der Waals surface area contributed by atoms with Crippen LogP contribution >= 0.6 is 0 Å². The maximum Gasteiger partial charge on any atom is 0.176 e. The number of anilines is 1. The molecular formula is C17H20N4O. The van der Waals surface area contributed by atoms with Crippen molar-refractivity contribution in [1.82, 2.24) is 15.0 Å². The van der Waals surface area contributed by atoms with Crippen LogP contribution in [-0.4, -0.2) is 40.8 Å². The fraction of sp³-hybridized carbons (Fsp3) is 0.294. The molecule has 2 aliphatic rings. The molecule has 0 bridgehead atoms. The zero-order valence-electron chi connectivity index (χ0n) is 12.9. The Labute approximate surface area is 130 Å². The van der Waals surface area contributed by atoms with Gasteiger partial charge in [0.2, 0.25) is 0 Å². The summed E-state index contributed by atoms with van der Waals surface area (Å²) in [5.74, 6) is 0.728. The molecule has 2 N–H and O–H groups in total. The van der Waals surface area contributed by atoms with Crippen molar-refractivity contribution in [2.45, 2.75) is 12.8 Å². The summed E-state index contributed by atoms with van der Waals surface area (Å²) in [5, 5.41) is 9.10. The van der Waals surface area contributed by atoms with Crippen LogP contribution in [0.1, 0.15) is 12.0 Å². The predicted octanol–water partition coefficient (Wildman–Crippen LogP) is 2.57. The summed E-state index contributed by atoms with van der Waals surface area (Å²) in [4.78, 5) is 14.1. The summed E-state index contributed by atoms with van der Waals surface area (Å²) in [7, 11) is 4.07. The van der Waals surface area contributed by atoms with E-state index in [1.54, 1.807) is 12.4 Å². The molecule has 0 atom stereocenters. The van der Waals surface area contributed by atoms with Gasteiger partial charge < -0.3 is 15.0 Å². The molecule has 2 heterocycles. The van der Waals surface area contributed by atoms with Crippen molar-refractivity contribution < 1.29 is 5.11 Å². The molecule has 0 fully saturated rings. The van der Waals surface area contributed by atoms with Crippen molar-refractivity contribution in [3.63, 3.8) is 0 Å². The highest BCUT2D eigenvalue weighted by molar-refractivity contribution is 5.72. The van der Waals surface area contributed by atoms with Crippen LogP contribution in [0.15, 0.2) is 36.7 Å². The van der Waals surface area contributed by atoms with Gasteiger partial charge in [-0.05, 0) is 36.6 Å². The number of aliphatic hydroxyl groups is 1. The minimum atomic E-state index is 0.203. The first-order valence-electron chi connectivity index (χ1n) is 7.40. The van der Waals surface area contributed by atoms with Crippen molar-refractivity contribution in [3.05, 3.63) is 42.2 Å². The fourth-order valence-corrected chi connectivity index (χ4v) is 2.65. The monoisotopic (exact) mass is 296 g/mol. The lowest BCUT2D eigenvalue weighted by Gasteiger charge is -2.18. The minimum Gasteiger partial charge on any atom is -0.396 e. The summed E-state index contributed by atoms with van der Waals surface area (Å²) >= 11 is 0. The number of aromatic nitrogens is 3. The van der Waals surface area contributed by atoms with Crippen molar-refractivity contribution in [1.29, 1.82) is 0 Å². The van der Waals surface area contributed by atoms with Gasteiger partial charge in [0.15, 0.2) is 5.82 Å². The molecule has 114 valence electrons. The standard InChI is InChI=1S/C17H20N4O/c1-21(2)16-6-5-12(10-13(16)4-3-9-22)14-11-15-17(20-14)19-8-7-18-15/h5-8,10-11,18,22H,3-4,9H2,1-2H3. The SMILES string of the molecule is CN(C)c1ccc(-c2cc3[nH]ccnc-3n2)cc1CCCO. The third-order valence-electron chi connectivity index (χ3n) is 3.72. The highest BCUT2D eigenvalue weighted by atomic mass is 16.2. The number of rotatable bonds is 5. The maximum atomic E-state index is 9.10. The molecule has 0 aliphatic carbocycles. The summed E-state index contributed by atoms with van der Waals surface area (Å²) in [5.41, 5.74) is 5.33. The number of nitrogens with zero attached hydrogens (tertiary/aromatic N) is 3.